The number of benzene rings is 1. The zero-order chi connectivity index (χ0) is 16.8. The highest BCUT2D eigenvalue weighted by Crippen LogP contribution is 2.22. The molecule has 0 bridgehead atoms. The molecule has 0 atom stereocenters. The van der Waals surface area contributed by atoms with Gasteiger partial charge in [-0.2, -0.15) is 0 Å². The number of nitrogens with zero attached hydrogens (tertiary/aromatic N) is 2. The molecule has 2 amide bonds. The second-order valence-corrected chi connectivity index (χ2v) is 5.34. The van der Waals surface area contributed by atoms with Gasteiger partial charge in [-0.25, -0.2) is 0 Å². The third-order valence-corrected chi connectivity index (χ3v) is 3.47. The maximum atomic E-state index is 12.8. The molecule has 0 fully saturated rings. The topological polar surface area (TPSA) is 89.4 Å². The lowest BCUT2D eigenvalue weighted by atomic mass is 10.0. The summed E-state index contributed by atoms with van der Waals surface area (Å²) >= 11 is 0. The molecule has 0 saturated heterocycles. The molecule has 2 rings (SSSR count). The summed E-state index contributed by atoms with van der Waals surface area (Å²) in [6, 6.07) is 6.53. The molecule has 0 aliphatic carbocycles. The third kappa shape index (κ3) is 3.97. The highest BCUT2D eigenvalue weighted by Gasteiger charge is 2.18. The first kappa shape index (κ1) is 16.7. The molecule has 2 aromatic rings. The van der Waals surface area contributed by atoms with Crippen molar-refractivity contribution in [2.75, 3.05) is 13.1 Å². The molecule has 6 nitrogen and oxygen atoms in total. The molecule has 0 aliphatic rings. The van der Waals surface area contributed by atoms with Crippen molar-refractivity contribution in [3.63, 3.8) is 0 Å². The smallest absolute Gasteiger partial charge is 0.253 e. The molecular weight excluding hydrogens is 294 g/mol. The van der Waals surface area contributed by atoms with Crippen LogP contribution in [-0.2, 0) is 0 Å². The van der Waals surface area contributed by atoms with Crippen LogP contribution in [0.5, 0.6) is 0 Å². The average Bonchev–Trinajstić information content (AvgIpc) is 3.08. The average molecular weight is 315 g/mol. The van der Waals surface area contributed by atoms with Crippen LogP contribution in [0.1, 0.15) is 47.4 Å². The van der Waals surface area contributed by atoms with Gasteiger partial charge in [-0.05, 0) is 31.0 Å². The van der Waals surface area contributed by atoms with E-state index in [1.165, 1.54) is 12.3 Å². The van der Waals surface area contributed by atoms with E-state index in [9.17, 15) is 9.59 Å². The zero-order valence-electron chi connectivity index (χ0n) is 13.4. The fraction of sp³-hybridized carbons (Fsp3) is 0.353. The summed E-state index contributed by atoms with van der Waals surface area (Å²) < 4.78 is 4.83. The van der Waals surface area contributed by atoms with E-state index in [1.807, 2.05) is 13.8 Å². The third-order valence-electron chi connectivity index (χ3n) is 3.47. The van der Waals surface area contributed by atoms with Crippen LogP contribution in [0.4, 0.5) is 0 Å². The van der Waals surface area contributed by atoms with Crippen LogP contribution in [0.25, 0.3) is 11.3 Å². The van der Waals surface area contributed by atoms with Gasteiger partial charge in [0.15, 0.2) is 0 Å². The molecule has 0 saturated carbocycles. The number of primary amides is 1. The SMILES string of the molecule is CCCN(CCC)C(=O)c1cc(C(N)=O)cc(-c2ccon2)c1. The van der Waals surface area contributed by atoms with Crippen molar-refractivity contribution in [1.29, 1.82) is 0 Å². The predicted octanol–water partition coefficient (Wildman–Crippen LogP) is 2.70. The van der Waals surface area contributed by atoms with E-state index < -0.39 is 5.91 Å². The monoisotopic (exact) mass is 315 g/mol. The number of carbonyl (C=O) groups is 2. The molecule has 0 unspecified atom stereocenters. The fourth-order valence-electron chi connectivity index (χ4n) is 2.44. The molecular formula is C17H21N3O3. The summed E-state index contributed by atoms with van der Waals surface area (Å²) in [6.45, 7) is 5.40. The number of amides is 2. The van der Waals surface area contributed by atoms with Crippen LogP contribution in [0.3, 0.4) is 0 Å². The fourth-order valence-corrected chi connectivity index (χ4v) is 2.44. The van der Waals surface area contributed by atoms with Gasteiger partial charge in [-0.1, -0.05) is 19.0 Å². The number of hydrogen-bond donors (Lipinski definition) is 1. The maximum Gasteiger partial charge on any atom is 0.253 e. The Labute approximate surface area is 135 Å². The van der Waals surface area contributed by atoms with Crippen LogP contribution in [0, 0.1) is 0 Å². The van der Waals surface area contributed by atoms with Crippen molar-refractivity contribution in [2.24, 2.45) is 5.73 Å². The molecule has 0 spiro atoms. The van der Waals surface area contributed by atoms with Crippen LogP contribution in [0.15, 0.2) is 35.1 Å². The maximum absolute atomic E-state index is 12.8. The molecule has 6 heteroatoms. The van der Waals surface area contributed by atoms with Gasteiger partial charge in [0, 0.05) is 35.8 Å². The summed E-state index contributed by atoms with van der Waals surface area (Å²) in [5, 5.41) is 3.85. The second kappa shape index (κ2) is 7.58. The molecule has 0 radical (unpaired) electrons. The minimum absolute atomic E-state index is 0.110. The Morgan fingerprint density at radius 3 is 2.30 bits per heavy atom. The number of aromatic nitrogens is 1. The van der Waals surface area contributed by atoms with E-state index in [0.717, 1.165) is 12.8 Å². The lowest BCUT2D eigenvalue weighted by Crippen LogP contribution is -2.32. The lowest BCUT2D eigenvalue weighted by molar-refractivity contribution is 0.0755. The normalized spacial score (nSPS) is 10.5. The summed E-state index contributed by atoms with van der Waals surface area (Å²) in [7, 11) is 0. The Morgan fingerprint density at radius 2 is 1.78 bits per heavy atom. The number of nitrogens with two attached hydrogens (primary N) is 1. The van der Waals surface area contributed by atoms with E-state index >= 15 is 0 Å². The van der Waals surface area contributed by atoms with Gasteiger partial charge in [-0.15, -0.1) is 0 Å². The standard InChI is InChI=1S/C17H21N3O3/c1-3-6-20(7-4-2)17(22)14-10-12(15-5-8-23-19-15)9-13(11-14)16(18)21/h5,8-11H,3-4,6-7H2,1-2H3,(H2,18,21). The van der Waals surface area contributed by atoms with E-state index in [1.54, 1.807) is 23.1 Å². The largest absolute Gasteiger partial charge is 0.366 e. The van der Waals surface area contributed by atoms with Gasteiger partial charge in [0.25, 0.3) is 5.91 Å². The van der Waals surface area contributed by atoms with Gasteiger partial charge in [0.2, 0.25) is 5.91 Å². The molecule has 1 heterocycles. The quantitative estimate of drug-likeness (QED) is 0.850. The molecule has 1 aromatic heterocycles. The molecule has 122 valence electrons. The van der Waals surface area contributed by atoms with E-state index in [-0.39, 0.29) is 11.5 Å². The summed E-state index contributed by atoms with van der Waals surface area (Å²) in [5.74, 6) is -0.691. The Hall–Kier alpha value is -2.63. The summed E-state index contributed by atoms with van der Waals surface area (Å²) in [4.78, 5) is 26.1. The highest BCUT2D eigenvalue weighted by atomic mass is 16.5. The van der Waals surface area contributed by atoms with Crippen LogP contribution in [-0.4, -0.2) is 35.0 Å². The lowest BCUT2D eigenvalue weighted by Gasteiger charge is -2.22. The van der Waals surface area contributed by atoms with E-state index in [2.05, 4.69) is 5.16 Å². The Kier molecular flexibility index (Phi) is 5.51. The van der Waals surface area contributed by atoms with Crippen LogP contribution >= 0.6 is 0 Å². The van der Waals surface area contributed by atoms with Crippen molar-refractivity contribution in [1.82, 2.24) is 10.1 Å². The molecule has 2 N–H and O–H groups in total. The number of carbonyl (C=O) groups excluding carboxylic acids is 2. The zero-order valence-corrected chi connectivity index (χ0v) is 13.4. The Morgan fingerprint density at radius 1 is 1.13 bits per heavy atom. The van der Waals surface area contributed by atoms with Crippen molar-refractivity contribution < 1.29 is 14.1 Å². The molecule has 1 aromatic carbocycles. The minimum atomic E-state index is -0.582. The van der Waals surface area contributed by atoms with E-state index in [0.29, 0.717) is 29.9 Å². The van der Waals surface area contributed by atoms with Crippen molar-refractivity contribution >= 4 is 11.8 Å². The van der Waals surface area contributed by atoms with Gasteiger partial charge in [-0.3, -0.25) is 9.59 Å². The van der Waals surface area contributed by atoms with Crippen molar-refractivity contribution in [2.45, 2.75) is 26.7 Å². The van der Waals surface area contributed by atoms with Gasteiger partial charge < -0.3 is 15.2 Å². The predicted molar refractivity (Wildman–Crippen MR) is 86.9 cm³/mol. The summed E-state index contributed by atoms with van der Waals surface area (Å²) in [6.07, 6.45) is 3.18. The van der Waals surface area contributed by atoms with Gasteiger partial charge in [0.1, 0.15) is 12.0 Å². The van der Waals surface area contributed by atoms with Gasteiger partial charge >= 0.3 is 0 Å². The van der Waals surface area contributed by atoms with Gasteiger partial charge in [0.05, 0.1) is 0 Å². The number of hydrogen-bond acceptors (Lipinski definition) is 4. The first-order valence-corrected chi connectivity index (χ1v) is 7.71. The van der Waals surface area contributed by atoms with E-state index in [4.69, 9.17) is 10.3 Å². The molecule has 0 aliphatic heterocycles. The van der Waals surface area contributed by atoms with Crippen molar-refractivity contribution in [3.05, 3.63) is 41.7 Å². The van der Waals surface area contributed by atoms with Crippen LogP contribution in [0.2, 0.25) is 0 Å². The highest BCUT2D eigenvalue weighted by molar-refractivity contribution is 6.00. The Bertz CT molecular complexity index is 674. The minimum Gasteiger partial charge on any atom is -0.366 e. The first-order valence-electron chi connectivity index (χ1n) is 7.71. The second-order valence-electron chi connectivity index (χ2n) is 5.34. The number of rotatable bonds is 7. The first-order chi connectivity index (χ1) is 11.1. The summed E-state index contributed by atoms with van der Waals surface area (Å²) in [5.41, 5.74) is 7.29. The Balaban J connectivity index is 2.44. The van der Waals surface area contributed by atoms with Crippen molar-refractivity contribution in [3.8, 4) is 11.3 Å². The molecule has 23 heavy (non-hydrogen) atoms. The van der Waals surface area contributed by atoms with Crippen LogP contribution < -0.4 is 5.73 Å².